The van der Waals surface area contributed by atoms with Crippen molar-refractivity contribution in [2.75, 3.05) is 0 Å². The minimum Gasteiger partial charge on any atom is -0.326 e. The Kier molecular flexibility index (Phi) is 4.66. The lowest BCUT2D eigenvalue weighted by molar-refractivity contribution is 0.623. The minimum absolute atomic E-state index is 0.0554. The molecule has 0 amide bonds. The number of rotatable bonds is 5. The summed E-state index contributed by atoms with van der Waals surface area (Å²) in [4.78, 5) is 12.5. The summed E-state index contributed by atoms with van der Waals surface area (Å²) in [5.74, 6) is 0. The van der Waals surface area contributed by atoms with Crippen molar-refractivity contribution in [3.63, 3.8) is 0 Å². The number of hydrogen-bond donors (Lipinski definition) is 1. The molecule has 2 N–H and O–H groups in total. The van der Waals surface area contributed by atoms with Gasteiger partial charge in [0.05, 0.1) is 10.9 Å². The molecule has 0 radical (unpaired) electrons. The molecule has 2 heterocycles. The number of pyridine rings is 1. The molecule has 0 bridgehead atoms. The largest absolute Gasteiger partial charge is 0.326 e. The molecule has 2 rings (SSSR count). The zero-order valence-corrected chi connectivity index (χ0v) is 11.0. The van der Waals surface area contributed by atoms with Crippen LogP contribution in [0.3, 0.4) is 0 Å². The highest BCUT2D eigenvalue weighted by Gasteiger charge is 2.21. The third-order valence-electron chi connectivity index (χ3n) is 2.64. The van der Waals surface area contributed by atoms with Gasteiger partial charge in [0.25, 0.3) is 0 Å². The van der Waals surface area contributed by atoms with Crippen molar-refractivity contribution in [3.05, 3.63) is 48.7 Å². The fourth-order valence-corrected chi connectivity index (χ4v) is 2.74. The van der Waals surface area contributed by atoms with E-state index < -0.39 is 0 Å². The number of nitrogens with zero attached hydrogens (tertiary/aromatic N) is 3. The maximum atomic E-state index is 6.19. The van der Waals surface area contributed by atoms with E-state index in [4.69, 9.17) is 5.73 Å². The summed E-state index contributed by atoms with van der Waals surface area (Å²) in [6, 6.07) is 7.85. The lowest BCUT2D eigenvalue weighted by Crippen LogP contribution is -2.26. The van der Waals surface area contributed by atoms with Crippen LogP contribution in [0.1, 0.15) is 24.3 Å². The Morgan fingerprint density at radius 3 is 2.72 bits per heavy atom. The number of hydrogen-bond acceptors (Lipinski definition) is 5. The molecule has 0 aliphatic heterocycles. The van der Waals surface area contributed by atoms with Gasteiger partial charge < -0.3 is 5.73 Å². The smallest absolute Gasteiger partial charge is 0.116 e. The van der Waals surface area contributed by atoms with Gasteiger partial charge in [0, 0.05) is 18.4 Å². The molecule has 0 spiro atoms. The van der Waals surface area contributed by atoms with E-state index in [9.17, 15) is 0 Å². The van der Waals surface area contributed by atoms with Gasteiger partial charge in [-0.15, -0.1) is 0 Å². The highest BCUT2D eigenvalue weighted by atomic mass is 32.2. The molecule has 4 nitrogen and oxygen atoms in total. The van der Waals surface area contributed by atoms with Crippen molar-refractivity contribution in [2.45, 2.75) is 29.7 Å². The Bertz CT molecular complexity index is 463. The molecule has 94 valence electrons. The van der Waals surface area contributed by atoms with Gasteiger partial charge in [-0.1, -0.05) is 24.8 Å². The quantitative estimate of drug-likeness (QED) is 0.660. The topological polar surface area (TPSA) is 64.7 Å². The summed E-state index contributed by atoms with van der Waals surface area (Å²) in [5, 5.41) is 1.04. The van der Waals surface area contributed by atoms with Crippen LogP contribution in [0.15, 0.2) is 48.0 Å². The standard InChI is InChI=1S/C13H16N4S/c1-2-10(14)13(11-5-3-4-7-16-11)18-12-6-8-15-9-17-12/h3-10,13H,2,14H2,1H3. The zero-order chi connectivity index (χ0) is 12.8. The first kappa shape index (κ1) is 13.0. The second-order valence-electron chi connectivity index (χ2n) is 3.91. The summed E-state index contributed by atoms with van der Waals surface area (Å²) in [5.41, 5.74) is 7.19. The van der Waals surface area contributed by atoms with Crippen LogP contribution >= 0.6 is 11.8 Å². The summed E-state index contributed by atoms with van der Waals surface area (Å²) >= 11 is 1.64. The third-order valence-corrected chi connectivity index (χ3v) is 3.97. The summed E-state index contributed by atoms with van der Waals surface area (Å²) in [7, 11) is 0. The molecule has 2 aromatic rings. The van der Waals surface area contributed by atoms with E-state index in [0.717, 1.165) is 17.1 Å². The highest BCUT2D eigenvalue weighted by molar-refractivity contribution is 7.99. The van der Waals surface area contributed by atoms with Crippen LogP contribution in [0.4, 0.5) is 0 Å². The first-order chi connectivity index (χ1) is 8.81. The monoisotopic (exact) mass is 260 g/mol. The lowest BCUT2D eigenvalue weighted by atomic mass is 10.1. The molecule has 0 aliphatic carbocycles. The molecule has 2 aromatic heterocycles. The van der Waals surface area contributed by atoms with Crippen molar-refractivity contribution in [3.8, 4) is 0 Å². The summed E-state index contributed by atoms with van der Waals surface area (Å²) in [6.07, 6.45) is 5.99. The maximum absolute atomic E-state index is 6.19. The van der Waals surface area contributed by atoms with Crippen LogP contribution in [-0.4, -0.2) is 21.0 Å². The van der Waals surface area contributed by atoms with Gasteiger partial charge >= 0.3 is 0 Å². The molecule has 2 atom stereocenters. The second-order valence-corrected chi connectivity index (χ2v) is 5.07. The molecule has 2 unspecified atom stereocenters. The van der Waals surface area contributed by atoms with Gasteiger partial charge in [-0.3, -0.25) is 4.98 Å². The van der Waals surface area contributed by atoms with Gasteiger partial charge in [0.15, 0.2) is 0 Å². The predicted octanol–water partition coefficient (Wildman–Crippen LogP) is 2.44. The van der Waals surface area contributed by atoms with E-state index in [-0.39, 0.29) is 11.3 Å². The van der Waals surface area contributed by atoms with E-state index in [1.165, 1.54) is 0 Å². The van der Waals surface area contributed by atoms with Crippen LogP contribution in [-0.2, 0) is 0 Å². The van der Waals surface area contributed by atoms with Crippen LogP contribution in [0, 0.1) is 0 Å². The van der Waals surface area contributed by atoms with Crippen LogP contribution in [0.25, 0.3) is 0 Å². The van der Waals surface area contributed by atoms with Crippen molar-refractivity contribution in [1.82, 2.24) is 15.0 Å². The van der Waals surface area contributed by atoms with Gasteiger partial charge in [0.1, 0.15) is 11.4 Å². The molecule has 5 heteroatoms. The van der Waals surface area contributed by atoms with E-state index in [2.05, 4.69) is 21.9 Å². The SMILES string of the molecule is CCC(N)C(Sc1ccncn1)c1ccccn1. The molecule has 0 fully saturated rings. The summed E-state index contributed by atoms with van der Waals surface area (Å²) in [6.45, 7) is 2.08. The van der Waals surface area contributed by atoms with E-state index in [0.29, 0.717) is 0 Å². The molecule has 0 saturated heterocycles. The molecule has 0 aliphatic rings. The number of aromatic nitrogens is 3. The first-order valence-electron chi connectivity index (χ1n) is 5.90. The van der Waals surface area contributed by atoms with Gasteiger partial charge in [-0.25, -0.2) is 9.97 Å². The van der Waals surface area contributed by atoms with Gasteiger partial charge in [-0.05, 0) is 24.6 Å². The van der Waals surface area contributed by atoms with E-state index >= 15 is 0 Å². The Morgan fingerprint density at radius 2 is 2.11 bits per heavy atom. The maximum Gasteiger partial charge on any atom is 0.116 e. The molecule has 18 heavy (non-hydrogen) atoms. The summed E-state index contributed by atoms with van der Waals surface area (Å²) < 4.78 is 0. The van der Waals surface area contributed by atoms with Gasteiger partial charge in [-0.2, -0.15) is 0 Å². The van der Waals surface area contributed by atoms with Crippen molar-refractivity contribution in [1.29, 1.82) is 0 Å². The fourth-order valence-electron chi connectivity index (χ4n) is 1.60. The normalized spacial score (nSPS) is 14.1. The Labute approximate surface area is 111 Å². The van der Waals surface area contributed by atoms with E-state index in [1.54, 1.807) is 30.5 Å². The minimum atomic E-state index is 0.0554. The zero-order valence-electron chi connectivity index (χ0n) is 10.2. The van der Waals surface area contributed by atoms with Crippen molar-refractivity contribution in [2.24, 2.45) is 5.73 Å². The van der Waals surface area contributed by atoms with E-state index in [1.807, 2.05) is 24.3 Å². The number of thioether (sulfide) groups is 1. The second kappa shape index (κ2) is 6.47. The Morgan fingerprint density at radius 1 is 1.22 bits per heavy atom. The Hall–Kier alpha value is -1.46. The Balaban J connectivity index is 2.21. The first-order valence-corrected chi connectivity index (χ1v) is 6.78. The van der Waals surface area contributed by atoms with Crippen molar-refractivity contribution < 1.29 is 0 Å². The van der Waals surface area contributed by atoms with Gasteiger partial charge in [0.2, 0.25) is 0 Å². The van der Waals surface area contributed by atoms with Crippen LogP contribution in [0.5, 0.6) is 0 Å². The highest BCUT2D eigenvalue weighted by Crippen LogP contribution is 2.35. The predicted molar refractivity (Wildman–Crippen MR) is 73.1 cm³/mol. The molecule has 0 saturated carbocycles. The van der Waals surface area contributed by atoms with Crippen molar-refractivity contribution >= 4 is 11.8 Å². The fraction of sp³-hybridized carbons (Fsp3) is 0.308. The molecular weight excluding hydrogens is 244 g/mol. The molecular formula is C13H16N4S. The molecule has 0 aromatic carbocycles. The third kappa shape index (κ3) is 3.27. The number of nitrogens with two attached hydrogens (primary N) is 1. The van der Waals surface area contributed by atoms with Crippen LogP contribution in [0.2, 0.25) is 0 Å². The lowest BCUT2D eigenvalue weighted by Gasteiger charge is -2.21. The average Bonchev–Trinajstić information content (AvgIpc) is 2.46. The average molecular weight is 260 g/mol. The van der Waals surface area contributed by atoms with Crippen LogP contribution < -0.4 is 5.73 Å².